The van der Waals surface area contributed by atoms with Crippen LogP contribution in [0.5, 0.6) is 0 Å². The largest absolute Gasteiger partial charge is 0.397 e. The van der Waals surface area contributed by atoms with Gasteiger partial charge in [0.1, 0.15) is 6.23 Å². The van der Waals surface area contributed by atoms with Gasteiger partial charge in [-0.15, -0.1) is 11.7 Å². The maximum absolute atomic E-state index is 11.4. The summed E-state index contributed by atoms with van der Waals surface area (Å²) in [4.78, 5) is 22.4. The summed E-state index contributed by atoms with van der Waals surface area (Å²) in [6.45, 7) is 4.68. The van der Waals surface area contributed by atoms with Crippen molar-refractivity contribution in [3.05, 3.63) is 0 Å². The molecule has 1 saturated heterocycles. The van der Waals surface area contributed by atoms with E-state index in [1.807, 2.05) is 13.8 Å². The van der Waals surface area contributed by atoms with E-state index in [0.29, 0.717) is 6.61 Å². The van der Waals surface area contributed by atoms with Crippen molar-refractivity contribution in [3.63, 3.8) is 0 Å². The second-order valence-electron chi connectivity index (χ2n) is 4.07. The molecule has 0 aromatic rings. The quantitative estimate of drug-likeness (QED) is 0.289. The number of nitrogens with one attached hydrogen (secondary N) is 2. The SMILES string of the molecule is CC.COS(=O)(=O)O.O=C(CSS)NCC(=O)N[C@H]1CCCCO1. The Kier molecular flexibility index (Phi) is 17.1. The number of thiol groups is 1. The van der Waals surface area contributed by atoms with Gasteiger partial charge in [0.2, 0.25) is 11.8 Å². The minimum Gasteiger partial charge on any atom is -0.359 e. The van der Waals surface area contributed by atoms with Crippen molar-refractivity contribution in [2.24, 2.45) is 0 Å². The summed E-state index contributed by atoms with van der Waals surface area (Å²) >= 11 is 3.85. The zero-order chi connectivity index (χ0) is 19.0. The summed E-state index contributed by atoms with van der Waals surface area (Å²) in [6.07, 6.45) is 2.75. The van der Waals surface area contributed by atoms with Crippen molar-refractivity contribution in [2.45, 2.75) is 39.3 Å². The summed E-state index contributed by atoms with van der Waals surface area (Å²) in [5.74, 6) is -0.166. The third kappa shape index (κ3) is 17.8. The number of hydrogen-bond donors (Lipinski definition) is 4. The van der Waals surface area contributed by atoms with Crippen molar-refractivity contribution < 1.29 is 31.5 Å². The number of ether oxygens (including phenoxy) is 1. The molecule has 0 radical (unpaired) electrons. The van der Waals surface area contributed by atoms with E-state index >= 15 is 0 Å². The molecule has 1 fully saturated rings. The number of hydrogen-bond acceptors (Lipinski definition) is 8. The van der Waals surface area contributed by atoms with E-state index in [1.54, 1.807) is 0 Å². The number of amides is 2. The van der Waals surface area contributed by atoms with Crippen LogP contribution in [-0.4, -0.2) is 57.0 Å². The molecule has 12 heteroatoms. The van der Waals surface area contributed by atoms with Crippen molar-refractivity contribution in [1.82, 2.24) is 10.6 Å². The van der Waals surface area contributed by atoms with Crippen LogP contribution in [0.2, 0.25) is 0 Å². The van der Waals surface area contributed by atoms with Gasteiger partial charge < -0.3 is 15.4 Å². The summed E-state index contributed by atoms with van der Waals surface area (Å²) < 4.78 is 35.1. The van der Waals surface area contributed by atoms with Gasteiger partial charge in [-0.1, -0.05) is 24.6 Å². The van der Waals surface area contributed by atoms with Crippen LogP contribution in [0.1, 0.15) is 33.1 Å². The van der Waals surface area contributed by atoms with E-state index < -0.39 is 10.4 Å². The number of carbonyl (C=O) groups excluding carboxylic acids is 2. The van der Waals surface area contributed by atoms with Gasteiger partial charge in [0.25, 0.3) is 0 Å². The molecule has 1 atom stereocenters. The minimum atomic E-state index is -4.16. The second kappa shape index (κ2) is 16.0. The molecule has 1 aliphatic rings. The molecule has 3 N–H and O–H groups in total. The highest BCUT2D eigenvalue weighted by Crippen LogP contribution is 2.09. The average molecular weight is 407 g/mol. The third-order valence-corrected chi connectivity index (χ3v) is 3.55. The first-order chi connectivity index (χ1) is 11.3. The standard InChI is InChI=1S/C9H16N2O3S2.C2H6.CH4O4S/c12-7(5-10-8(13)6-16-15)11-9-3-1-2-4-14-9;1-2;1-5-6(2,3)4/h9,15H,1-6H2,(H,10,13)(H,11,12);1-2H3;1H3,(H,2,3,4)/t9-;;/m1../s1. The second-order valence-corrected chi connectivity index (χ2v) is 6.58. The van der Waals surface area contributed by atoms with Crippen LogP contribution in [0.4, 0.5) is 0 Å². The summed E-state index contributed by atoms with van der Waals surface area (Å²) in [7, 11) is -2.17. The van der Waals surface area contributed by atoms with Crippen LogP contribution in [-0.2, 0) is 28.9 Å². The molecule has 0 aromatic heterocycles. The Bertz CT molecular complexity index is 440. The maximum Gasteiger partial charge on any atom is 0.397 e. The summed E-state index contributed by atoms with van der Waals surface area (Å²) in [5.41, 5.74) is 0. The van der Waals surface area contributed by atoms with Crippen LogP contribution in [0, 0.1) is 0 Å². The fourth-order valence-corrected chi connectivity index (χ4v) is 1.94. The van der Waals surface area contributed by atoms with E-state index in [2.05, 4.69) is 26.5 Å². The van der Waals surface area contributed by atoms with E-state index in [9.17, 15) is 18.0 Å². The Morgan fingerprint density at radius 2 is 1.92 bits per heavy atom. The van der Waals surface area contributed by atoms with Gasteiger partial charge in [0.15, 0.2) is 0 Å². The molecule has 0 bridgehead atoms. The molecule has 0 aliphatic carbocycles. The summed E-state index contributed by atoms with van der Waals surface area (Å²) in [5, 5.41) is 5.21. The molecule has 0 aromatic carbocycles. The Hall–Kier alpha value is -0.530. The Morgan fingerprint density at radius 3 is 2.33 bits per heavy atom. The van der Waals surface area contributed by atoms with E-state index in [1.165, 1.54) is 0 Å². The van der Waals surface area contributed by atoms with Gasteiger partial charge in [0.05, 0.1) is 19.4 Å². The monoisotopic (exact) mass is 406 g/mol. The molecule has 24 heavy (non-hydrogen) atoms. The molecule has 1 heterocycles. The van der Waals surface area contributed by atoms with Crippen LogP contribution in [0.15, 0.2) is 0 Å². The molecule has 9 nitrogen and oxygen atoms in total. The van der Waals surface area contributed by atoms with E-state index in [0.717, 1.165) is 37.2 Å². The van der Waals surface area contributed by atoms with Gasteiger partial charge in [-0.25, -0.2) is 0 Å². The minimum absolute atomic E-state index is 0.00691. The zero-order valence-corrected chi connectivity index (χ0v) is 16.5. The molecule has 0 spiro atoms. The lowest BCUT2D eigenvalue weighted by molar-refractivity contribution is -0.128. The fraction of sp³-hybridized carbons (Fsp3) is 0.833. The highest BCUT2D eigenvalue weighted by Gasteiger charge is 2.16. The lowest BCUT2D eigenvalue weighted by Crippen LogP contribution is -2.44. The molecule has 2 amide bonds. The molecular formula is C12H26N2O7S3. The zero-order valence-electron chi connectivity index (χ0n) is 14.0. The van der Waals surface area contributed by atoms with Crippen LogP contribution < -0.4 is 10.6 Å². The molecule has 1 aliphatic heterocycles. The lowest BCUT2D eigenvalue weighted by Gasteiger charge is -2.23. The first-order valence-corrected chi connectivity index (χ1v) is 10.7. The van der Waals surface area contributed by atoms with Gasteiger partial charge in [-0.2, -0.15) is 8.42 Å². The van der Waals surface area contributed by atoms with Crippen LogP contribution in [0.3, 0.4) is 0 Å². The molecule has 0 unspecified atom stereocenters. The predicted octanol–water partition coefficient (Wildman–Crippen LogP) is 0.785. The first-order valence-electron chi connectivity index (χ1n) is 7.25. The van der Waals surface area contributed by atoms with E-state index in [4.69, 9.17) is 9.29 Å². The number of rotatable bonds is 6. The predicted molar refractivity (Wildman–Crippen MR) is 96.1 cm³/mol. The van der Waals surface area contributed by atoms with Crippen molar-refractivity contribution in [1.29, 1.82) is 0 Å². The first kappa shape index (κ1) is 25.7. The maximum atomic E-state index is 11.4. The summed E-state index contributed by atoms with van der Waals surface area (Å²) in [6, 6.07) is 0. The topological polar surface area (TPSA) is 131 Å². The van der Waals surface area contributed by atoms with Crippen molar-refractivity contribution in [2.75, 3.05) is 26.0 Å². The smallest absolute Gasteiger partial charge is 0.359 e. The normalized spacial score (nSPS) is 16.6. The molecule has 1 rings (SSSR count). The van der Waals surface area contributed by atoms with Crippen LogP contribution in [0.25, 0.3) is 0 Å². The average Bonchev–Trinajstić information content (AvgIpc) is 2.56. The Balaban J connectivity index is 0. The fourth-order valence-electron chi connectivity index (χ4n) is 1.37. The number of carbonyl (C=O) groups is 2. The van der Waals surface area contributed by atoms with Gasteiger partial charge in [0, 0.05) is 6.61 Å². The van der Waals surface area contributed by atoms with Crippen molar-refractivity contribution in [3.8, 4) is 0 Å². The van der Waals surface area contributed by atoms with Crippen molar-refractivity contribution >= 4 is 44.7 Å². The lowest BCUT2D eigenvalue weighted by atomic mass is 10.2. The molecule has 144 valence electrons. The van der Waals surface area contributed by atoms with Crippen LogP contribution >= 0.6 is 22.5 Å². The molecular weight excluding hydrogens is 380 g/mol. The Morgan fingerprint density at radius 1 is 1.33 bits per heavy atom. The third-order valence-electron chi connectivity index (χ3n) is 2.35. The molecule has 0 saturated carbocycles. The Labute approximate surface area is 152 Å². The highest BCUT2D eigenvalue weighted by molar-refractivity contribution is 8.68. The van der Waals surface area contributed by atoms with Gasteiger partial charge >= 0.3 is 10.4 Å². The highest BCUT2D eigenvalue weighted by atomic mass is 33.1. The van der Waals surface area contributed by atoms with Gasteiger partial charge in [-0.3, -0.25) is 18.3 Å². The van der Waals surface area contributed by atoms with E-state index in [-0.39, 0.29) is 30.3 Å². The van der Waals surface area contributed by atoms with Gasteiger partial charge in [-0.05, 0) is 19.3 Å².